The molecule has 4 nitrogen and oxygen atoms in total. The number of aromatic nitrogens is 1. The number of esters is 1. The number of ether oxygens (including phenoxy) is 2. The summed E-state index contributed by atoms with van der Waals surface area (Å²) in [7, 11) is 0. The number of alkyl halides is 3. The molecule has 0 fully saturated rings. The third kappa shape index (κ3) is 7.22. The fourth-order valence-corrected chi connectivity index (χ4v) is 4.90. The molecule has 8 heteroatoms. The van der Waals surface area contributed by atoms with Gasteiger partial charge in [-0.15, -0.1) is 11.3 Å². The molecule has 0 unspecified atom stereocenters. The summed E-state index contributed by atoms with van der Waals surface area (Å²) in [5.41, 5.74) is 1.73. The van der Waals surface area contributed by atoms with Gasteiger partial charge in [0.05, 0.1) is 17.9 Å². The highest BCUT2D eigenvalue weighted by atomic mass is 32.1. The minimum atomic E-state index is -4.36. The second-order valence-electron chi connectivity index (χ2n) is 9.52. The van der Waals surface area contributed by atoms with Gasteiger partial charge in [0.25, 0.3) is 0 Å². The van der Waals surface area contributed by atoms with Crippen LogP contribution in [0.5, 0.6) is 5.75 Å². The molecule has 2 aromatic carbocycles. The second-order valence-corrected chi connectivity index (χ2v) is 10.6. The lowest BCUT2D eigenvalue weighted by Crippen LogP contribution is -2.39. The summed E-state index contributed by atoms with van der Waals surface area (Å²) in [6, 6.07) is 10.9. The molecule has 1 aromatic heterocycles. The maximum absolute atomic E-state index is 12.9. The van der Waals surface area contributed by atoms with E-state index in [0.29, 0.717) is 29.3 Å². The number of rotatable bonds is 9. The lowest BCUT2D eigenvalue weighted by Gasteiger charge is -2.25. The summed E-state index contributed by atoms with van der Waals surface area (Å²) >= 11 is 1.50. The van der Waals surface area contributed by atoms with Gasteiger partial charge >= 0.3 is 12.1 Å². The summed E-state index contributed by atoms with van der Waals surface area (Å²) in [5, 5.41) is 0.711. The maximum atomic E-state index is 12.9. The van der Waals surface area contributed by atoms with E-state index in [1.54, 1.807) is 20.8 Å². The van der Waals surface area contributed by atoms with Crippen LogP contribution in [0.1, 0.15) is 67.8 Å². The third-order valence-electron chi connectivity index (χ3n) is 5.68. The largest absolute Gasteiger partial charge is 0.476 e. The number of thiazole rings is 1. The van der Waals surface area contributed by atoms with Crippen LogP contribution in [-0.4, -0.2) is 23.2 Å². The number of halogens is 3. The number of carbonyl (C=O) groups excluding carboxylic acids is 1. The van der Waals surface area contributed by atoms with Crippen LogP contribution in [-0.2, 0) is 22.1 Å². The van der Waals surface area contributed by atoms with Crippen LogP contribution in [0, 0.1) is 6.92 Å². The monoisotopic (exact) mass is 531 g/mol. The van der Waals surface area contributed by atoms with Gasteiger partial charge in [0.2, 0.25) is 0 Å². The van der Waals surface area contributed by atoms with E-state index in [1.165, 1.54) is 23.5 Å². The molecule has 37 heavy (non-hydrogen) atoms. The van der Waals surface area contributed by atoms with Crippen molar-refractivity contribution in [2.75, 3.05) is 6.61 Å². The molecule has 0 spiro atoms. The molecule has 0 aliphatic heterocycles. The molecular weight excluding hydrogens is 499 g/mol. The highest BCUT2D eigenvalue weighted by Gasteiger charge is 2.32. The Labute approximate surface area is 220 Å². The van der Waals surface area contributed by atoms with Crippen molar-refractivity contribution in [1.29, 1.82) is 0 Å². The average molecular weight is 532 g/mol. The van der Waals surface area contributed by atoms with Crippen molar-refractivity contribution in [2.45, 2.75) is 65.7 Å². The van der Waals surface area contributed by atoms with Crippen LogP contribution < -0.4 is 4.74 Å². The zero-order valence-corrected chi connectivity index (χ0v) is 22.7. The van der Waals surface area contributed by atoms with Crippen molar-refractivity contribution in [3.8, 4) is 16.3 Å². The first-order valence-electron chi connectivity index (χ1n) is 12.1. The molecule has 3 rings (SSSR count). The number of nitrogens with zero attached hydrogens (tertiary/aromatic N) is 1. The Morgan fingerprint density at radius 1 is 1.11 bits per heavy atom. The van der Waals surface area contributed by atoms with E-state index >= 15 is 0 Å². The van der Waals surface area contributed by atoms with Crippen molar-refractivity contribution >= 4 is 23.4 Å². The van der Waals surface area contributed by atoms with Crippen LogP contribution >= 0.6 is 11.3 Å². The normalized spacial score (nSPS) is 12.4. The maximum Gasteiger partial charge on any atom is 0.416 e. The summed E-state index contributed by atoms with van der Waals surface area (Å²) in [5.74, 6) is 0.379. The van der Waals surface area contributed by atoms with Gasteiger partial charge in [0.1, 0.15) is 10.8 Å². The quantitative estimate of drug-likeness (QED) is 0.261. The fourth-order valence-electron chi connectivity index (χ4n) is 3.70. The summed E-state index contributed by atoms with van der Waals surface area (Å²) < 4.78 is 49.7. The van der Waals surface area contributed by atoms with Crippen LogP contribution in [0.25, 0.3) is 16.6 Å². The molecule has 198 valence electrons. The predicted octanol–water partition coefficient (Wildman–Crippen LogP) is 8.24. The third-order valence-corrected chi connectivity index (χ3v) is 6.82. The van der Waals surface area contributed by atoms with E-state index in [1.807, 2.05) is 37.3 Å². The van der Waals surface area contributed by atoms with Crippen LogP contribution in [0.2, 0.25) is 0 Å². The number of allylic oxidation sites excluding steroid dienone is 1. The Hall–Kier alpha value is -3.13. The van der Waals surface area contributed by atoms with Crippen molar-refractivity contribution in [3.05, 3.63) is 75.8 Å². The first-order chi connectivity index (χ1) is 17.3. The van der Waals surface area contributed by atoms with Crippen LogP contribution in [0.15, 0.2) is 48.5 Å². The molecule has 0 saturated heterocycles. The fraction of sp³-hybridized carbons (Fsp3) is 0.379. The van der Waals surface area contributed by atoms with Crippen LogP contribution in [0.3, 0.4) is 0 Å². The summed E-state index contributed by atoms with van der Waals surface area (Å²) in [6.07, 6.45) is 0.349. The molecule has 0 radical (unpaired) electrons. The van der Waals surface area contributed by atoms with Crippen molar-refractivity contribution < 1.29 is 27.4 Å². The first kappa shape index (κ1) is 28.4. The number of aryl methyl sites for hydroxylation is 1. The number of carbonyl (C=O) groups is 1. The van der Waals surface area contributed by atoms with E-state index in [0.717, 1.165) is 33.8 Å². The summed E-state index contributed by atoms with van der Waals surface area (Å²) in [6.45, 7) is 11.4. The van der Waals surface area contributed by atoms with Gasteiger partial charge < -0.3 is 9.47 Å². The van der Waals surface area contributed by atoms with Crippen molar-refractivity contribution in [2.24, 2.45) is 0 Å². The smallest absolute Gasteiger partial charge is 0.416 e. The van der Waals surface area contributed by atoms with Gasteiger partial charge in [-0.1, -0.05) is 44.2 Å². The second kappa shape index (κ2) is 11.5. The SMILES string of the molecule is CCOC(=O)C(C)(C)Oc1ccc(C=CCc2sc(-c3ccc(C(F)(F)F)cc3)nc2C(C)C)cc1C. The van der Waals surface area contributed by atoms with E-state index in [-0.39, 0.29) is 5.92 Å². The Morgan fingerprint density at radius 2 is 1.78 bits per heavy atom. The van der Waals surface area contributed by atoms with Gasteiger partial charge in [-0.3, -0.25) is 0 Å². The van der Waals surface area contributed by atoms with Gasteiger partial charge in [-0.05, 0) is 69.0 Å². The molecular formula is C29H32F3NO3S. The molecule has 3 aromatic rings. The zero-order chi connectivity index (χ0) is 27.4. The minimum absolute atomic E-state index is 0.185. The Kier molecular flexibility index (Phi) is 8.84. The predicted molar refractivity (Wildman–Crippen MR) is 142 cm³/mol. The highest BCUT2D eigenvalue weighted by Crippen LogP contribution is 2.35. The minimum Gasteiger partial charge on any atom is -0.476 e. The Balaban J connectivity index is 1.74. The lowest BCUT2D eigenvalue weighted by molar-refractivity contribution is -0.158. The van der Waals surface area contributed by atoms with E-state index in [9.17, 15) is 18.0 Å². The lowest BCUT2D eigenvalue weighted by atomic mass is 10.1. The number of hydrogen-bond acceptors (Lipinski definition) is 5. The molecule has 0 aliphatic rings. The molecule has 0 amide bonds. The van der Waals surface area contributed by atoms with Gasteiger partial charge in [0.15, 0.2) is 5.60 Å². The van der Waals surface area contributed by atoms with Gasteiger partial charge in [0, 0.05) is 16.9 Å². The molecule has 1 heterocycles. The van der Waals surface area contributed by atoms with Gasteiger partial charge in [-0.25, -0.2) is 9.78 Å². The zero-order valence-electron chi connectivity index (χ0n) is 21.9. The number of hydrogen-bond donors (Lipinski definition) is 0. The first-order valence-corrected chi connectivity index (χ1v) is 12.9. The summed E-state index contributed by atoms with van der Waals surface area (Å²) in [4.78, 5) is 17.9. The molecule has 0 atom stereocenters. The highest BCUT2D eigenvalue weighted by molar-refractivity contribution is 7.15. The topological polar surface area (TPSA) is 48.4 Å². The van der Waals surface area contributed by atoms with E-state index in [2.05, 4.69) is 13.8 Å². The van der Waals surface area contributed by atoms with Gasteiger partial charge in [-0.2, -0.15) is 13.2 Å². The van der Waals surface area contributed by atoms with E-state index in [4.69, 9.17) is 14.5 Å². The Bertz CT molecular complexity index is 1260. The molecule has 0 N–H and O–H groups in total. The Morgan fingerprint density at radius 3 is 2.35 bits per heavy atom. The number of benzene rings is 2. The van der Waals surface area contributed by atoms with Crippen molar-refractivity contribution in [1.82, 2.24) is 4.98 Å². The van der Waals surface area contributed by atoms with E-state index < -0.39 is 23.3 Å². The average Bonchev–Trinajstić information content (AvgIpc) is 3.25. The van der Waals surface area contributed by atoms with Crippen LogP contribution in [0.4, 0.5) is 13.2 Å². The van der Waals surface area contributed by atoms with Crippen molar-refractivity contribution in [3.63, 3.8) is 0 Å². The molecule has 0 aliphatic carbocycles. The molecule has 0 saturated carbocycles. The molecule has 0 bridgehead atoms. The standard InChI is InChI=1S/C29H32F3NO3S/c1-7-35-27(34)28(5,6)36-23-16-11-20(17-19(23)4)9-8-10-24-25(18(2)3)33-26(37-24)21-12-14-22(15-13-21)29(30,31)32/h8-9,11-18H,7,10H2,1-6H3.